The summed E-state index contributed by atoms with van der Waals surface area (Å²) >= 11 is 0. The summed E-state index contributed by atoms with van der Waals surface area (Å²) < 4.78 is 66.9. The van der Waals surface area contributed by atoms with Crippen molar-refractivity contribution in [1.82, 2.24) is 14.2 Å². The number of alkyl halides is 3. The third-order valence-electron chi connectivity index (χ3n) is 4.13. The minimum absolute atomic E-state index is 0.0785. The lowest BCUT2D eigenvalue weighted by Gasteiger charge is -2.34. The fourth-order valence-electron chi connectivity index (χ4n) is 2.77. The van der Waals surface area contributed by atoms with Crippen LogP contribution in [0.2, 0.25) is 0 Å². The quantitative estimate of drug-likeness (QED) is 0.764. The molecule has 1 amide bonds. The van der Waals surface area contributed by atoms with E-state index in [0.29, 0.717) is 5.56 Å². The Kier molecular flexibility index (Phi) is 5.57. The number of carbonyl (C=O) groups excluding carboxylic acids is 1. The Morgan fingerprint density at radius 3 is 2.21 bits per heavy atom. The highest BCUT2D eigenvalue weighted by atomic mass is 32.2. The first-order valence-corrected chi connectivity index (χ1v) is 9.66. The van der Waals surface area contributed by atoms with E-state index in [9.17, 15) is 26.4 Å². The molecular formula is C17H16F3N3O4S. The molecule has 0 unspecified atom stereocenters. The summed E-state index contributed by atoms with van der Waals surface area (Å²) in [5.41, 5.74) is 0.416. The van der Waals surface area contributed by atoms with E-state index in [0.717, 1.165) is 24.3 Å². The van der Waals surface area contributed by atoms with Gasteiger partial charge in [0.1, 0.15) is 5.75 Å². The van der Waals surface area contributed by atoms with Gasteiger partial charge in [-0.3, -0.25) is 9.78 Å². The van der Waals surface area contributed by atoms with Crippen molar-refractivity contribution in [1.29, 1.82) is 0 Å². The molecule has 0 spiro atoms. The number of hydrogen-bond donors (Lipinski definition) is 0. The van der Waals surface area contributed by atoms with Gasteiger partial charge in [-0.2, -0.15) is 4.31 Å². The second-order valence-corrected chi connectivity index (χ2v) is 7.90. The smallest absolute Gasteiger partial charge is 0.406 e. The highest BCUT2D eigenvalue weighted by molar-refractivity contribution is 7.89. The number of benzene rings is 1. The third-order valence-corrected chi connectivity index (χ3v) is 6.04. The lowest BCUT2D eigenvalue weighted by Crippen LogP contribution is -2.50. The molecule has 0 aliphatic carbocycles. The zero-order valence-electron chi connectivity index (χ0n) is 14.5. The zero-order chi connectivity index (χ0) is 20.4. The maximum Gasteiger partial charge on any atom is 0.573 e. The molecule has 1 saturated heterocycles. The fourth-order valence-corrected chi connectivity index (χ4v) is 4.19. The van der Waals surface area contributed by atoms with Crippen molar-refractivity contribution < 1.29 is 31.1 Å². The van der Waals surface area contributed by atoms with E-state index in [4.69, 9.17) is 0 Å². The van der Waals surface area contributed by atoms with Gasteiger partial charge < -0.3 is 9.64 Å². The van der Waals surface area contributed by atoms with Crippen molar-refractivity contribution in [3.05, 3.63) is 54.4 Å². The minimum atomic E-state index is -4.85. The average molecular weight is 415 g/mol. The molecule has 1 fully saturated rings. The van der Waals surface area contributed by atoms with E-state index in [-0.39, 0.29) is 37.0 Å². The Morgan fingerprint density at radius 2 is 1.68 bits per heavy atom. The molecule has 150 valence electrons. The molecular weight excluding hydrogens is 399 g/mol. The Bertz CT molecular complexity index is 926. The van der Waals surface area contributed by atoms with Gasteiger partial charge in [-0.15, -0.1) is 13.2 Å². The molecule has 1 aliphatic rings. The molecule has 0 atom stereocenters. The second-order valence-electron chi connectivity index (χ2n) is 5.96. The van der Waals surface area contributed by atoms with Gasteiger partial charge in [-0.1, -0.05) is 0 Å². The lowest BCUT2D eigenvalue weighted by molar-refractivity contribution is -0.274. The van der Waals surface area contributed by atoms with Crippen LogP contribution in [-0.4, -0.2) is 61.1 Å². The molecule has 7 nitrogen and oxygen atoms in total. The van der Waals surface area contributed by atoms with Gasteiger partial charge in [0.05, 0.1) is 10.5 Å². The van der Waals surface area contributed by atoms with Gasteiger partial charge in [0.2, 0.25) is 10.0 Å². The normalized spacial score (nSPS) is 16.0. The fraction of sp³-hybridized carbons (Fsp3) is 0.294. The first-order chi connectivity index (χ1) is 13.2. The van der Waals surface area contributed by atoms with E-state index in [1.165, 1.54) is 15.4 Å². The van der Waals surface area contributed by atoms with E-state index in [1.807, 2.05) is 0 Å². The third kappa shape index (κ3) is 4.60. The topological polar surface area (TPSA) is 79.8 Å². The standard InChI is InChI=1S/C17H16F3N3O4S/c18-17(19,20)27-14-3-5-15(6-4-14)28(25,26)23-10-8-22(9-11-23)16(24)13-2-1-7-21-12-13/h1-7,12H,8-11H2. The maximum absolute atomic E-state index is 12.7. The number of rotatable bonds is 4. The zero-order valence-corrected chi connectivity index (χ0v) is 15.3. The van der Waals surface area contributed by atoms with E-state index >= 15 is 0 Å². The SMILES string of the molecule is O=C(c1cccnc1)N1CCN(S(=O)(=O)c2ccc(OC(F)(F)F)cc2)CC1. The summed E-state index contributed by atoms with van der Waals surface area (Å²) in [7, 11) is -3.89. The van der Waals surface area contributed by atoms with Crippen molar-refractivity contribution >= 4 is 15.9 Å². The molecule has 1 aromatic carbocycles. The Balaban J connectivity index is 1.65. The summed E-state index contributed by atoms with van der Waals surface area (Å²) in [6.45, 7) is 0.550. The predicted octanol–water partition coefficient (Wildman–Crippen LogP) is 2.13. The highest BCUT2D eigenvalue weighted by Gasteiger charge is 2.32. The molecule has 2 heterocycles. The first-order valence-electron chi connectivity index (χ1n) is 8.22. The van der Waals surface area contributed by atoms with Gasteiger partial charge in [0, 0.05) is 38.6 Å². The first kappa shape index (κ1) is 20.1. The maximum atomic E-state index is 12.7. The molecule has 1 aromatic heterocycles. The molecule has 2 aromatic rings. The Morgan fingerprint density at radius 1 is 1.04 bits per heavy atom. The molecule has 11 heteroatoms. The number of aromatic nitrogens is 1. The monoisotopic (exact) mass is 415 g/mol. The molecule has 0 saturated carbocycles. The summed E-state index contributed by atoms with van der Waals surface area (Å²) in [6, 6.07) is 7.28. The molecule has 28 heavy (non-hydrogen) atoms. The van der Waals surface area contributed by atoms with Crippen molar-refractivity contribution in [2.45, 2.75) is 11.3 Å². The van der Waals surface area contributed by atoms with Gasteiger partial charge in [-0.05, 0) is 36.4 Å². The van der Waals surface area contributed by atoms with Crippen LogP contribution >= 0.6 is 0 Å². The molecule has 0 N–H and O–H groups in total. The average Bonchev–Trinajstić information content (AvgIpc) is 2.67. The molecule has 1 aliphatic heterocycles. The summed E-state index contributed by atoms with van der Waals surface area (Å²) in [4.78, 5) is 17.7. The van der Waals surface area contributed by atoms with Crippen molar-refractivity contribution in [2.75, 3.05) is 26.2 Å². The van der Waals surface area contributed by atoms with Crippen LogP contribution in [0.15, 0.2) is 53.7 Å². The highest BCUT2D eigenvalue weighted by Crippen LogP contribution is 2.25. The lowest BCUT2D eigenvalue weighted by atomic mass is 10.2. The van der Waals surface area contributed by atoms with E-state index < -0.39 is 22.1 Å². The van der Waals surface area contributed by atoms with Crippen LogP contribution in [0.5, 0.6) is 5.75 Å². The van der Waals surface area contributed by atoms with Crippen molar-refractivity contribution in [3.8, 4) is 5.75 Å². The van der Waals surface area contributed by atoms with Crippen LogP contribution in [0.25, 0.3) is 0 Å². The Hall–Kier alpha value is -2.66. The second kappa shape index (κ2) is 7.76. The van der Waals surface area contributed by atoms with Crippen molar-refractivity contribution in [2.24, 2.45) is 0 Å². The number of sulfonamides is 1. The van der Waals surface area contributed by atoms with Crippen LogP contribution in [0, 0.1) is 0 Å². The van der Waals surface area contributed by atoms with Gasteiger partial charge in [0.25, 0.3) is 5.91 Å². The number of piperazine rings is 1. The number of halogens is 3. The number of pyridine rings is 1. The Labute approximate surface area is 159 Å². The molecule has 0 bridgehead atoms. The van der Waals surface area contributed by atoms with E-state index in [1.54, 1.807) is 18.3 Å². The summed E-state index contributed by atoms with van der Waals surface area (Å²) in [6.07, 6.45) is -1.86. The van der Waals surface area contributed by atoms with Crippen LogP contribution in [0.4, 0.5) is 13.2 Å². The largest absolute Gasteiger partial charge is 0.573 e. The number of carbonyl (C=O) groups is 1. The van der Waals surface area contributed by atoms with Crippen LogP contribution in [-0.2, 0) is 10.0 Å². The molecule has 3 rings (SSSR count). The van der Waals surface area contributed by atoms with Gasteiger partial charge >= 0.3 is 6.36 Å². The van der Waals surface area contributed by atoms with Crippen LogP contribution in [0.1, 0.15) is 10.4 Å². The molecule has 0 radical (unpaired) electrons. The van der Waals surface area contributed by atoms with Crippen LogP contribution in [0.3, 0.4) is 0 Å². The van der Waals surface area contributed by atoms with Crippen molar-refractivity contribution in [3.63, 3.8) is 0 Å². The summed E-state index contributed by atoms with van der Waals surface area (Å²) in [5, 5.41) is 0. The number of amides is 1. The predicted molar refractivity (Wildman–Crippen MR) is 92.0 cm³/mol. The van der Waals surface area contributed by atoms with Gasteiger partial charge in [0.15, 0.2) is 0 Å². The number of hydrogen-bond acceptors (Lipinski definition) is 5. The number of nitrogens with zero attached hydrogens (tertiary/aromatic N) is 3. The van der Waals surface area contributed by atoms with Gasteiger partial charge in [-0.25, -0.2) is 8.42 Å². The minimum Gasteiger partial charge on any atom is -0.406 e. The van der Waals surface area contributed by atoms with E-state index in [2.05, 4.69) is 9.72 Å². The summed E-state index contributed by atoms with van der Waals surface area (Å²) in [5.74, 6) is -0.739. The van der Waals surface area contributed by atoms with Crippen LogP contribution < -0.4 is 4.74 Å². The number of ether oxygens (including phenoxy) is 1.